The Labute approximate surface area is 279 Å². The van der Waals surface area contributed by atoms with Gasteiger partial charge >= 0.3 is 0 Å². The highest BCUT2D eigenvalue weighted by molar-refractivity contribution is 8.00. The fraction of sp³-hybridized carbons (Fsp3) is 0.118. The second-order valence-electron chi connectivity index (χ2n) is 9.92. The quantitative estimate of drug-likeness (QED) is 0.140. The Morgan fingerprint density at radius 2 is 1.67 bits per heavy atom. The Balaban J connectivity index is 1.38. The van der Waals surface area contributed by atoms with Crippen LogP contribution in [0.2, 0.25) is 10.0 Å². The lowest BCUT2D eigenvalue weighted by Crippen LogP contribution is -2.31. The van der Waals surface area contributed by atoms with E-state index in [1.807, 2.05) is 0 Å². The normalized spacial score (nSPS) is 14.7. The lowest BCUT2D eigenvalue weighted by molar-refractivity contribution is -0.121. The number of imide groups is 1. The molecule has 2 N–H and O–H groups in total. The molecular formula is C34H27Cl2N3O6S. The summed E-state index contributed by atoms with van der Waals surface area (Å²) in [5.41, 5.74) is 1.44. The third-order valence-corrected chi connectivity index (χ3v) is 8.62. The Hall–Kier alpha value is -4.77. The van der Waals surface area contributed by atoms with E-state index in [4.69, 9.17) is 32.7 Å². The number of carbonyl (C=O) groups excluding carboxylic acids is 4. The highest BCUT2D eigenvalue weighted by Gasteiger charge is 2.41. The summed E-state index contributed by atoms with van der Waals surface area (Å²) in [5, 5.41) is 5.39. The van der Waals surface area contributed by atoms with Crippen molar-refractivity contribution in [1.82, 2.24) is 5.32 Å². The van der Waals surface area contributed by atoms with Gasteiger partial charge in [0, 0.05) is 33.2 Å². The second kappa shape index (κ2) is 14.6. The number of rotatable bonds is 10. The van der Waals surface area contributed by atoms with E-state index in [1.54, 1.807) is 78.9 Å². The molecule has 0 saturated carbocycles. The fourth-order valence-corrected chi connectivity index (χ4v) is 6.22. The average Bonchev–Trinajstić information content (AvgIpc) is 3.33. The average molecular weight is 677 g/mol. The molecule has 4 aromatic carbocycles. The van der Waals surface area contributed by atoms with Gasteiger partial charge in [0.2, 0.25) is 11.8 Å². The van der Waals surface area contributed by atoms with E-state index in [1.165, 1.54) is 44.2 Å². The van der Waals surface area contributed by atoms with Crippen molar-refractivity contribution in [2.75, 3.05) is 24.4 Å². The minimum Gasteiger partial charge on any atom is -0.493 e. The lowest BCUT2D eigenvalue weighted by Gasteiger charge is -2.17. The van der Waals surface area contributed by atoms with Crippen molar-refractivity contribution in [2.24, 2.45) is 0 Å². The van der Waals surface area contributed by atoms with Crippen molar-refractivity contribution >= 4 is 76.0 Å². The third kappa shape index (κ3) is 7.37. The first kappa shape index (κ1) is 32.6. The topological polar surface area (TPSA) is 114 Å². The number of halogens is 2. The van der Waals surface area contributed by atoms with Crippen LogP contribution in [0.5, 0.6) is 11.5 Å². The van der Waals surface area contributed by atoms with E-state index in [2.05, 4.69) is 10.6 Å². The molecule has 4 amide bonds. The van der Waals surface area contributed by atoms with Gasteiger partial charge in [-0.15, -0.1) is 11.8 Å². The molecule has 0 aromatic heterocycles. The number of carbonyl (C=O) groups is 4. The highest BCUT2D eigenvalue weighted by Crippen LogP contribution is 2.38. The monoisotopic (exact) mass is 675 g/mol. The van der Waals surface area contributed by atoms with Crippen LogP contribution < -0.4 is 25.0 Å². The number of hydrogen-bond donors (Lipinski definition) is 2. The largest absolute Gasteiger partial charge is 0.493 e. The second-order valence-corrected chi connectivity index (χ2v) is 12.0. The summed E-state index contributed by atoms with van der Waals surface area (Å²) in [6.07, 6.45) is 1.46. The van der Waals surface area contributed by atoms with E-state index < -0.39 is 28.9 Å². The Morgan fingerprint density at radius 3 is 2.41 bits per heavy atom. The maximum Gasteiger partial charge on any atom is 0.272 e. The van der Waals surface area contributed by atoms with Gasteiger partial charge in [-0.25, -0.2) is 4.90 Å². The van der Waals surface area contributed by atoms with Gasteiger partial charge in [-0.1, -0.05) is 59.6 Å². The first-order chi connectivity index (χ1) is 22.2. The summed E-state index contributed by atoms with van der Waals surface area (Å²) in [6, 6.07) is 25.1. The summed E-state index contributed by atoms with van der Waals surface area (Å²) >= 11 is 13.5. The van der Waals surface area contributed by atoms with Gasteiger partial charge in [-0.3, -0.25) is 19.2 Å². The molecule has 0 aliphatic carbocycles. The summed E-state index contributed by atoms with van der Waals surface area (Å²) in [5.74, 6) is -1.08. The standard InChI is InChI=1S/C34H27Cl2N3O6S/c1-44-28-13-6-10-21(31(28)45-2)16-26(38-32(41)20-8-4-3-5-9-20)33(42)37-23-11-7-12-24(18-23)46-29-19-30(40)39(34(29)43)27-17-22(35)14-15-25(27)36/h3-18,29H,19H2,1-2H3,(H,37,42)(H,38,41)/b26-16-/t29-/m1/s1. The molecule has 1 aliphatic heterocycles. The molecule has 4 aromatic rings. The molecule has 0 spiro atoms. The van der Waals surface area contributed by atoms with Crippen LogP contribution in [0, 0.1) is 0 Å². The molecular weight excluding hydrogens is 649 g/mol. The Morgan fingerprint density at radius 1 is 0.913 bits per heavy atom. The molecule has 0 radical (unpaired) electrons. The first-order valence-electron chi connectivity index (χ1n) is 13.9. The van der Waals surface area contributed by atoms with Gasteiger partial charge in [0.25, 0.3) is 11.8 Å². The summed E-state index contributed by atoms with van der Waals surface area (Å²) in [4.78, 5) is 54.5. The molecule has 1 fully saturated rings. The van der Waals surface area contributed by atoms with Crippen LogP contribution >= 0.6 is 35.0 Å². The van der Waals surface area contributed by atoms with Gasteiger partial charge < -0.3 is 20.1 Å². The molecule has 1 aliphatic rings. The fourth-order valence-electron chi connectivity index (χ4n) is 4.74. The Kier molecular flexibility index (Phi) is 10.3. The molecule has 234 valence electrons. The molecule has 0 bridgehead atoms. The predicted molar refractivity (Wildman–Crippen MR) is 180 cm³/mol. The van der Waals surface area contributed by atoms with Gasteiger partial charge in [0.15, 0.2) is 11.5 Å². The maximum absolute atomic E-state index is 13.6. The van der Waals surface area contributed by atoms with E-state index in [0.29, 0.717) is 38.2 Å². The SMILES string of the molecule is COc1cccc(/C=C(\NC(=O)c2ccccc2)C(=O)Nc2cccc(S[C@@H]3CC(=O)N(c4cc(Cl)ccc4Cl)C3=O)c2)c1OC. The summed E-state index contributed by atoms with van der Waals surface area (Å²) in [7, 11) is 2.98. The number of nitrogens with one attached hydrogen (secondary N) is 2. The van der Waals surface area contributed by atoms with Crippen LogP contribution in [-0.2, 0) is 14.4 Å². The van der Waals surface area contributed by atoms with Crippen LogP contribution in [0.25, 0.3) is 6.08 Å². The number of anilines is 2. The number of para-hydroxylation sites is 1. The van der Waals surface area contributed by atoms with Crippen molar-refractivity contribution in [1.29, 1.82) is 0 Å². The van der Waals surface area contributed by atoms with E-state index in [0.717, 1.165) is 4.90 Å². The molecule has 1 heterocycles. The highest BCUT2D eigenvalue weighted by atomic mass is 35.5. The minimum absolute atomic E-state index is 0.0380. The van der Waals surface area contributed by atoms with Gasteiger partial charge in [-0.05, 0) is 60.7 Å². The van der Waals surface area contributed by atoms with Crippen LogP contribution in [0.4, 0.5) is 11.4 Å². The van der Waals surface area contributed by atoms with Crippen LogP contribution in [0.15, 0.2) is 102 Å². The van der Waals surface area contributed by atoms with E-state index in [-0.39, 0.29) is 22.8 Å². The predicted octanol–water partition coefficient (Wildman–Crippen LogP) is 6.84. The van der Waals surface area contributed by atoms with Crippen LogP contribution in [-0.4, -0.2) is 43.1 Å². The third-order valence-electron chi connectivity index (χ3n) is 6.89. The number of thioether (sulfide) groups is 1. The number of benzene rings is 4. The zero-order chi connectivity index (χ0) is 32.8. The van der Waals surface area contributed by atoms with Gasteiger partial charge in [0.1, 0.15) is 5.70 Å². The zero-order valence-electron chi connectivity index (χ0n) is 24.6. The molecule has 9 nitrogen and oxygen atoms in total. The van der Waals surface area contributed by atoms with E-state index >= 15 is 0 Å². The molecule has 5 rings (SSSR count). The molecule has 0 unspecified atom stereocenters. The van der Waals surface area contributed by atoms with Crippen molar-refractivity contribution in [3.63, 3.8) is 0 Å². The number of methoxy groups -OCH3 is 2. The zero-order valence-corrected chi connectivity index (χ0v) is 26.9. The Bertz CT molecular complexity index is 1850. The minimum atomic E-state index is -0.713. The number of hydrogen-bond acceptors (Lipinski definition) is 7. The van der Waals surface area contributed by atoms with Crippen molar-refractivity contribution in [3.8, 4) is 11.5 Å². The van der Waals surface area contributed by atoms with Crippen molar-refractivity contribution < 1.29 is 28.7 Å². The van der Waals surface area contributed by atoms with Gasteiger partial charge in [-0.2, -0.15) is 0 Å². The number of ether oxygens (including phenoxy) is 2. The summed E-state index contributed by atoms with van der Waals surface area (Å²) in [6.45, 7) is 0. The van der Waals surface area contributed by atoms with Crippen LogP contribution in [0.3, 0.4) is 0 Å². The van der Waals surface area contributed by atoms with Crippen LogP contribution in [0.1, 0.15) is 22.3 Å². The molecule has 46 heavy (non-hydrogen) atoms. The molecule has 1 saturated heterocycles. The number of nitrogens with zero attached hydrogens (tertiary/aromatic N) is 1. The number of amides is 4. The lowest BCUT2D eigenvalue weighted by atomic mass is 10.1. The van der Waals surface area contributed by atoms with Crippen molar-refractivity contribution in [2.45, 2.75) is 16.6 Å². The van der Waals surface area contributed by atoms with Crippen molar-refractivity contribution in [3.05, 3.63) is 118 Å². The maximum atomic E-state index is 13.6. The van der Waals surface area contributed by atoms with Gasteiger partial charge in [0.05, 0.1) is 30.2 Å². The smallest absolute Gasteiger partial charge is 0.272 e. The molecule has 12 heteroatoms. The van der Waals surface area contributed by atoms with E-state index in [9.17, 15) is 19.2 Å². The first-order valence-corrected chi connectivity index (χ1v) is 15.5. The summed E-state index contributed by atoms with van der Waals surface area (Å²) < 4.78 is 10.9. The molecule has 1 atom stereocenters.